The zero-order valence-electron chi connectivity index (χ0n) is 12.9. The zero-order chi connectivity index (χ0) is 17.6. The standard InChI is InChI=1S/C18H16F3NO2/c1-13(15-5-3-2-4-6-15)22-17(23)12-9-14-7-10-16(11-8-14)24-18(19,20)21/h2-13H,1H3,(H,22,23)/b12-9+. The summed E-state index contributed by atoms with van der Waals surface area (Å²) in [7, 11) is 0. The summed E-state index contributed by atoms with van der Waals surface area (Å²) in [6.45, 7) is 1.87. The predicted octanol–water partition coefficient (Wildman–Crippen LogP) is 4.48. The molecule has 0 spiro atoms. The molecule has 0 bridgehead atoms. The second-order valence-electron chi connectivity index (χ2n) is 5.09. The predicted molar refractivity (Wildman–Crippen MR) is 85.2 cm³/mol. The lowest BCUT2D eigenvalue weighted by atomic mass is 10.1. The van der Waals surface area contributed by atoms with Crippen molar-refractivity contribution < 1.29 is 22.7 Å². The van der Waals surface area contributed by atoms with Crippen molar-refractivity contribution in [2.75, 3.05) is 0 Å². The molecule has 0 aliphatic heterocycles. The average molecular weight is 335 g/mol. The first-order valence-corrected chi connectivity index (χ1v) is 7.23. The van der Waals surface area contributed by atoms with Gasteiger partial charge in [0, 0.05) is 6.08 Å². The molecule has 24 heavy (non-hydrogen) atoms. The molecule has 0 fully saturated rings. The van der Waals surface area contributed by atoms with Crippen molar-refractivity contribution in [3.63, 3.8) is 0 Å². The van der Waals surface area contributed by atoms with E-state index in [9.17, 15) is 18.0 Å². The fraction of sp³-hybridized carbons (Fsp3) is 0.167. The first kappa shape index (κ1) is 17.6. The third-order valence-corrected chi connectivity index (χ3v) is 3.20. The van der Waals surface area contributed by atoms with Gasteiger partial charge in [-0.25, -0.2) is 0 Å². The summed E-state index contributed by atoms with van der Waals surface area (Å²) in [5.41, 5.74) is 1.57. The average Bonchev–Trinajstić information content (AvgIpc) is 2.53. The van der Waals surface area contributed by atoms with Crippen LogP contribution in [-0.2, 0) is 4.79 Å². The molecule has 3 nitrogen and oxygen atoms in total. The molecule has 2 aromatic rings. The second-order valence-corrected chi connectivity index (χ2v) is 5.09. The number of alkyl halides is 3. The zero-order valence-corrected chi connectivity index (χ0v) is 12.9. The van der Waals surface area contributed by atoms with Crippen molar-refractivity contribution in [2.24, 2.45) is 0 Å². The van der Waals surface area contributed by atoms with Crippen LogP contribution in [0, 0.1) is 0 Å². The highest BCUT2D eigenvalue weighted by atomic mass is 19.4. The van der Waals surface area contributed by atoms with Crippen LogP contribution in [-0.4, -0.2) is 12.3 Å². The molecular formula is C18H16F3NO2. The molecule has 0 heterocycles. The summed E-state index contributed by atoms with van der Waals surface area (Å²) in [6, 6.07) is 14.6. The maximum atomic E-state index is 12.1. The third-order valence-electron chi connectivity index (χ3n) is 3.20. The Morgan fingerprint density at radius 3 is 2.29 bits per heavy atom. The Labute approximate surface area is 137 Å². The molecule has 126 valence electrons. The third kappa shape index (κ3) is 5.79. The maximum Gasteiger partial charge on any atom is 0.573 e. The van der Waals surface area contributed by atoms with Gasteiger partial charge >= 0.3 is 6.36 Å². The van der Waals surface area contributed by atoms with Crippen molar-refractivity contribution >= 4 is 12.0 Å². The minimum atomic E-state index is -4.72. The number of amides is 1. The molecule has 2 rings (SSSR count). The first-order chi connectivity index (χ1) is 11.3. The Hall–Kier alpha value is -2.76. The molecule has 0 saturated heterocycles. The second kappa shape index (κ2) is 7.68. The van der Waals surface area contributed by atoms with E-state index in [1.807, 2.05) is 37.3 Å². The normalized spacial score (nSPS) is 12.8. The van der Waals surface area contributed by atoms with Gasteiger partial charge in [-0.1, -0.05) is 42.5 Å². The molecule has 1 unspecified atom stereocenters. The highest BCUT2D eigenvalue weighted by Crippen LogP contribution is 2.23. The van der Waals surface area contributed by atoms with Gasteiger partial charge in [0.2, 0.25) is 5.91 Å². The van der Waals surface area contributed by atoms with Crippen LogP contribution < -0.4 is 10.1 Å². The van der Waals surface area contributed by atoms with E-state index in [-0.39, 0.29) is 17.7 Å². The molecule has 6 heteroatoms. The molecule has 1 N–H and O–H groups in total. The van der Waals surface area contributed by atoms with Gasteiger partial charge in [0.1, 0.15) is 5.75 Å². The Morgan fingerprint density at radius 2 is 1.71 bits per heavy atom. The lowest BCUT2D eigenvalue weighted by Crippen LogP contribution is -2.24. The van der Waals surface area contributed by atoms with Gasteiger partial charge in [-0.3, -0.25) is 4.79 Å². The Kier molecular flexibility index (Phi) is 5.63. The van der Waals surface area contributed by atoms with Crippen LogP contribution in [0.25, 0.3) is 6.08 Å². The van der Waals surface area contributed by atoms with Crippen LogP contribution in [0.2, 0.25) is 0 Å². The van der Waals surface area contributed by atoms with Crippen LogP contribution >= 0.6 is 0 Å². The molecule has 1 amide bonds. The van der Waals surface area contributed by atoms with Crippen LogP contribution in [0.1, 0.15) is 24.1 Å². The van der Waals surface area contributed by atoms with Gasteiger partial charge in [-0.05, 0) is 36.3 Å². The van der Waals surface area contributed by atoms with Crippen molar-refractivity contribution in [3.8, 4) is 5.75 Å². The number of hydrogen-bond acceptors (Lipinski definition) is 2. The molecule has 0 aromatic heterocycles. The van der Waals surface area contributed by atoms with Crippen molar-refractivity contribution in [1.29, 1.82) is 0 Å². The van der Waals surface area contributed by atoms with E-state index in [1.54, 1.807) is 0 Å². The summed E-state index contributed by atoms with van der Waals surface area (Å²) in [6.07, 6.45) is -1.87. The molecule has 0 aliphatic carbocycles. The van der Waals surface area contributed by atoms with E-state index in [1.165, 1.54) is 36.4 Å². The SMILES string of the molecule is CC(NC(=O)/C=C/c1ccc(OC(F)(F)F)cc1)c1ccccc1. The smallest absolute Gasteiger partial charge is 0.406 e. The van der Waals surface area contributed by atoms with E-state index in [0.717, 1.165) is 5.56 Å². The number of nitrogens with one attached hydrogen (secondary N) is 1. The van der Waals surface area contributed by atoms with Gasteiger partial charge in [0.05, 0.1) is 6.04 Å². The lowest BCUT2D eigenvalue weighted by Gasteiger charge is -2.12. The van der Waals surface area contributed by atoms with E-state index in [0.29, 0.717) is 5.56 Å². The van der Waals surface area contributed by atoms with Gasteiger partial charge < -0.3 is 10.1 Å². The number of carbonyl (C=O) groups is 1. The summed E-state index contributed by atoms with van der Waals surface area (Å²) in [5, 5.41) is 2.81. The van der Waals surface area contributed by atoms with Crippen LogP contribution in [0.15, 0.2) is 60.7 Å². The van der Waals surface area contributed by atoms with Crippen molar-refractivity contribution in [2.45, 2.75) is 19.3 Å². The summed E-state index contributed by atoms with van der Waals surface area (Å²) < 4.78 is 40.0. The summed E-state index contributed by atoms with van der Waals surface area (Å²) in [4.78, 5) is 11.9. The van der Waals surface area contributed by atoms with Gasteiger partial charge in [-0.2, -0.15) is 0 Å². The molecular weight excluding hydrogens is 319 g/mol. The van der Waals surface area contributed by atoms with Crippen LogP contribution in [0.4, 0.5) is 13.2 Å². The Balaban J connectivity index is 1.91. The minimum absolute atomic E-state index is 0.147. The highest BCUT2D eigenvalue weighted by Gasteiger charge is 2.30. The van der Waals surface area contributed by atoms with Crippen molar-refractivity contribution in [3.05, 3.63) is 71.8 Å². The summed E-state index contributed by atoms with van der Waals surface area (Å²) >= 11 is 0. The molecule has 1 atom stereocenters. The van der Waals surface area contributed by atoms with E-state index >= 15 is 0 Å². The van der Waals surface area contributed by atoms with Crippen LogP contribution in [0.5, 0.6) is 5.75 Å². The van der Waals surface area contributed by atoms with Gasteiger partial charge in [0.15, 0.2) is 0 Å². The maximum absolute atomic E-state index is 12.1. The molecule has 0 aliphatic rings. The lowest BCUT2D eigenvalue weighted by molar-refractivity contribution is -0.274. The topological polar surface area (TPSA) is 38.3 Å². The van der Waals surface area contributed by atoms with Gasteiger partial charge in [0.25, 0.3) is 0 Å². The monoisotopic (exact) mass is 335 g/mol. The first-order valence-electron chi connectivity index (χ1n) is 7.23. The fourth-order valence-corrected chi connectivity index (χ4v) is 2.04. The van der Waals surface area contributed by atoms with E-state index < -0.39 is 6.36 Å². The molecule has 2 aromatic carbocycles. The fourth-order valence-electron chi connectivity index (χ4n) is 2.04. The highest BCUT2D eigenvalue weighted by molar-refractivity contribution is 5.91. The Morgan fingerprint density at radius 1 is 1.08 bits per heavy atom. The summed E-state index contributed by atoms with van der Waals surface area (Å²) in [5.74, 6) is -0.594. The quantitative estimate of drug-likeness (QED) is 0.819. The minimum Gasteiger partial charge on any atom is -0.406 e. The van der Waals surface area contributed by atoms with Crippen molar-refractivity contribution in [1.82, 2.24) is 5.32 Å². The number of benzene rings is 2. The largest absolute Gasteiger partial charge is 0.573 e. The van der Waals surface area contributed by atoms with E-state index in [4.69, 9.17) is 0 Å². The number of ether oxygens (including phenoxy) is 1. The number of carbonyl (C=O) groups excluding carboxylic acids is 1. The van der Waals surface area contributed by atoms with Crippen LogP contribution in [0.3, 0.4) is 0 Å². The molecule has 0 saturated carbocycles. The Bertz CT molecular complexity index is 694. The number of hydrogen-bond donors (Lipinski definition) is 1. The van der Waals surface area contributed by atoms with E-state index in [2.05, 4.69) is 10.1 Å². The number of halogens is 3. The molecule has 0 radical (unpaired) electrons. The number of rotatable bonds is 5. The van der Waals surface area contributed by atoms with Gasteiger partial charge in [-0.15, -0.1) is 13.2 Å².